The summed E-state index contributed by atoms with van der Waals surface area (Å²) in [7, 11) is -1.87. The Hall–Kier alpha value is -2.65. The van der Waals surface area contributed by atoms with Gasteiger partial charge in [-0.1, -0.05) is 6.07 Å². The largest absolute Gasteiger partial charge is 0.497 e. The van der Waals surface area contributed by atoms with Crippen molar-refractivity contribution in [2.24, 2.45) is 0 Å². The van der Waals surface area contributed by atoms with Crippen LogP contribution < -0.4 is 15.0 Å². The molecule has 1 amide bonds. The predicted molar refractivity (Wildman–Crippen MR) is 107 cm³/mol. The molecule has 1 saturated heterocycles. The minimum absolute atomic E-state index is 0.0631. The second kappa shape index (κ2) is 9.03. The first kappa shape index (κ1) is 20.1. The summed E-state index contributed by atoms with van der Waals surface area (Å²) in [5.74, 6) is 1.08. The number of piperazine rings is 1. The van der Waals surface area contributed by atoms with Gasteiger partial charge in [-0.2, -0.15) is 4.31 Å². The maximum Gasteiger partial charge on any atom is 0.251 e. The minimum Gasteiger partial charge on any atom is -0.497 e. The normalized spacial score (nSPS) is 15.2. The first-order valence-corrected chi connectivity index (χ1v) is 10.7. The highest BCUT2D eigenvalue weighted by Gasteiger charge is 2.27. The van der Waals surface area contributed by atoms with Crippen molar-refractivity contribution in [2.45, 2.75) is 0 Å². The number of hydrogen-bond donors (Lipinski definition) is 1. The van der Waals surface area contributed by atoms with Crippen molar-refractivity contribution >= 4 is 21.7 Å². The third-order valence-electron chi connectivity index (χ3n) is 4.60. The van der Waals surface area contributed by atoms with Crippen LogP contribution in [0.15, 0.2) is 48.7 Å². The van der Waals surface area contributed by atoms with Crippen molar-refractivity contribution in [2.75, 3.05) is 50.5 Å². The molecule has 0 aliphatic carbocycles. The number of methoxy groups -OCH3 is 1. The maximum absolute atomic E-state index is 12.6. The van der Waals surface area contributed by atoms with Crippen LogP contribution in [0.5, 0.6) is 5.75 Å². The van der Waals surface area contributed by atoms with Crippen LogP contribution in [-0.2, 0) is 10.0 Å². The number of nitrogens with zero attached hydrogens (tertiary/aromatic N) is 3. The lowest BCUT2D eigenvalue weighted by molar-refractivity contribution is 0.0956. The van der Waals surface area contributed by atoms with Crippen LogP contribution >= 0.6 is 0 Å². The fourth-order valence-corrected chi connectivity index (χ4v) is 4.34. The van der Waals surface area contributed by atoms with Gasteiger partial charge in [0.2, 0.25) is 10.0 Å². The van der Waals surface area contributed by atoms with E-state index in [2.05, 4.69) is 15.2 Å². The number of carbonyl (C=O) groups excluding carboxylic acids is 1. The molecular formula is C19H24N4O4S. The van der Waals surface area contributed by atoms with Gasteiger partial charge in [0.15, 0.2) is 0 Å². The molecule has 150 valence electrons. The first-order valence-electron chi connectivity index (χ1n) is 9.05. The fourth-order valence-electron chi connectivity index (χ4n) is 3.00. The zero-order valence-corrected chi connectivity index (χ0v) is 16.6. The number of aromatic nitrogens is 1. The lowest BCUT2D eigenvalue weighted by atomic mass is 10.2. The van der Waals surface area contributed by atoms with Gasteiger partial charge in [0.05, 0.1) is 12.9 Å². The van der Waals surface area contributed by atoms with E-state index >= 15 is 0 Å². The Kier molecular flexibility index (Phi) is 6.48. The van der Waals surface area contributed by atoms with Crippen molar-refractivity contribution in [3.8, 4) is 5.75 Å². The standard InChI is InChI=1S/C19H24N4O4S/c1-27-17-7-5-16(6-8-17)19(24)21-10-15-28(25,26)23-13-11-22(12-14-23)18-4-2-3-9-20-18/h2-9H,10-15H2,1H3,(H,21,24). The summed E-state index contributed by atoms with van der Waals surface area (Å²) in [5.41, 5.74) is 0.460. The predicted octanol–water partition coefficient (Wildman–Crippen LogP) is 0.972. The van der Waals surface area contributed by atoms with Crippen LogP contribution in [-0.4, -0.2) is 69.2 Å². The van der Waals surface area contributed by atoms with Gasteiger partial charge in [0, 0.05) is 44.5 Å². The molecule has 1 aliphatic rings. The van der Waals surface area contributed by atoms with Gasteiger partial charge in [-0.25, -0.2) is 13.4 Å². The molecule has 8 nitrogen and oxygen atoms in total. The molecule has 0 atom stereocenters. The summed E-state index contributed by atoms with van der Waals surface area (Å²) in [5, 5.41) is 2.66. The van der Waals surface area contributed by atoms with E-state index in [4.69, 9.17) is 4.74 Å². The smallest absolute Gasteiger partial charge is 0.251 e. The number of carbonyl (C=O) groups is 1. The first-order chi connectivity index (χ1) is 13.5. The average molecular weight is 404 g/mol. The molecule has 1 aliphatic heterocycles. The Bertz CT molecular complexity index is 880. The van der Waals surface area contributed by atoms with Gasteiger partial charge < -0.3 is 15.0 Å². The average Bonchev–Trinajstić information content (AvgIpc) is 2.74. The molecule has 1 N–H and O–H groups in total. The second-order valence-electron chi connectivity index (χ2n) is 6.37. The highest BCUT2D eigenvalue weighted by Crippen LogP contribution is 2.15. The second-order valence-corrected chi connectivity index (χ2v) is 8.46. The molecule has 2 aromatic rings. The molecule has 0 unspecified atom stereocenters. The van der Waals surface area contributed by atoms with Gasteiger partial charge in [0.1, 0.15) is 11.6 Å². The number of anilines is 1. The molecule has 1 aromatic carbocycles. The summed E-state index contributed by atoms with van der Waals surface area (Å²) in [6.45, 7) is 2.06. The van der Waals surface area contributed by atoms with Crippen LogP contribution in [0.25, 0.3) is 0 Å². The van der Waals surface area contributed by atoms with Gasteiger partial charge >= 0.3 is 0 Å². The molecule has 0 radical (unpaired) electrons. The fraction of sp³-hybridized carbons (Fsp3) is 0.368. The zero-order valence-electron chi connectivity index (χ0n) is 15.7. The Morgan fingerprint density at radius 3 is 2.43 bits per heavy atom. The van der Waals surface area contributed by atoms with E-state index in [0.717, 1.165) is 5.82 Å². The highest BCUT2D eigenvalue weighted by atomic mass is 32.2. The van der Waals surface area contributed by atoms with Gasteiger partial charge in [-0.05, 0) is 36.4 Å². The summed E-state index contributed by atoms with van der Waals surface area (Å²) in [6.07, 6.45) is 1.73. The molecular weight excluding hydrogens is 380 g/mol. The molecule has 2 heterocycles. The van der Waals surface area contributed by atoms with Crippen LogP contribution in [0.4, 0.5) is 5.82 Å². The Morgan fingerprint density at radius 2 is 1.82 bits per heavy atom. The molecule has 0 bridgehead atoms. The summed E-state index contributed by atoms with van der Waals surface area (Å²) in [6, 6.07) is 12.3. The van der Waals surface area contributed by atoms with Crippen LogP contribution in [0, 0.1) is 0 Å². The maximum atomic E-state index is 12.6. The van der Waals surface area contributed by atoms with Crippen LogP contribution in [0.3, 0.4) is 0 Å². The molecule has 9 heteroatoms. The molecule has 1 aromatic heterocycles. The SMILES string of the molecule is COc1ccc(C(=O)NCCS(=O)(=O)N2CCN(c3ccccn3)CC2)cc1. The number of benzene rings is 1. The topological polar surface area (TPSA) is 91.8 Å². The van der Waals surface area contributed by atoms with E-state index < -0.39 is 10.0 Å². The summed E-state index contributed by atoms with van der Waals surface area (Å²) < 4.78 is 31.6. The van der Waals surface area contributed by atoms with Gasteiger partial charge in [-0.15, -0.1) is 0 Å². The number of hydrogen-bond acceptors (Lipinski definition) is 6. The third kappa shape index (κ3) is 4.99. The van der Waals surface area contributed by atoms with Crippen molar-refractivity contribution < 1.29 is 17.9 Å². The zero-order chi connectivity index (χ0) is 20.0. The molecule has 0 spiro atoms. The van der Waals surface area contributed by atoms with E-state index in [-0.39, 0.29) is 18.2 Å². The van der Waals surface area contributed by atoms with Crippen molar-refractivity contribution in [3.05, 3.63) is 54.2 Å². The van der Waals surface area contributed by atoms with Crippen molar-refractivity contribution in [3.63, 3.8) is 0 Å². The van der Waals surface area contributed by atoms with Crippen molar-refractivity contribution in [1.82, 2.24) is 14.6 Å². The molecule has 28 heavy (non-hydrogen) atoms. The molecule has 3 rings (SSSR count). The number of pyridine rings is 1. The number of sulfonamides is 1. The van der Waals surface area contributed by atoms with Crippen LogP contribution in [0.2, 0.25) is 0 Å². The number of amides is 1. The Morgan fingerprint density at radius 1 is 1.11 bits per heavy atom. The quantitative estimate of drug-likeness (QED) is 0.739. The number of nitrogens with one attached hydrogen (secondary N) is 1. The molecule has 0 saturated carbocycles. The van der Waals surface area contributed by atoms with E-state index in [1.807, 2.05) is 18.2 Å². The molecule has 1 fully saturated rings. The monoisotopic (exact) mass is 404 g/mol. The number of ether oxygens (including phenoxy) is 1. The lowest BCUT2D eigenvalue weighted by Gasteiger charge is -2.34. The van der Waals surface area contributed by atoms with E-state index in [1.54, 1.807) is 37.6 Å². The Labute approximate surface area is 165 Å². The van der Waals surface area contributed by atoms with E-state index in [1.165, 1.54) is 4.31 Å². The van der Waals surface area contributed by atoms with Crippen LogP contribution in [0.1, 0.15) is 10.4 Å². The lowest BCUT2D eigenvalue weighted by Crippen LogP contribution is -2.50. The highest BCUT2D eigenvalue weighted by molar-refractivity contribution is 7.89. The van der Waals surface area contributed by atoms with Gasteiger partial charge in [-0.3, -0.25) is 4.79 Å². The Balaban J connectivity index is 1.47. The summed E-state index contributed by atoms with van der Waals surface area (Å²) >= 11 is 0. The third-order valence-corrected chi connectivity index (χ3v) is 6.48. The van der Waals surface area contributed by atoms with Gasteiger partial charge in [0.25, 0.3) is 5.91 Å². The number of rotatable bonds is 7. The van der Waals surface area contributed by atoms with Crippen molar-refractivity contribution in [1.29, 1.82) is 0 Å². The van der Waals surface area contributed by atoms with E-state index in [0.29, 0.717) is 37.5 Å². The minimum atomic E-state index is -3.43. The summed E-state index contributed by atoms with van der Waals surface area (Å²) in [4.78, 5) is 18.5. The van der Waals surface area contributed by atoms with E-state index in [9.17, 15) is 13.2 Å².